The van der Waals surface area contributed by atoms with Crippen LogP contribution in [0.5, 0.6) is 0 Å². The summed E-state index contributed by atoms with van der Waals surface area (Å²) in [6, 6.07) is 0. The van der Waals surface area contributed by atoms with Crippen molar-refractivity contribution in [1.29, 1.82) is 0 Å². The fraction of sp³-hybridized carbons (Fsp3) is 0.947. The average Bonchev–Trinajstić information content (AvgIpc) is 3.25. The standard InChI is InChI=1S/C57H110O6/c1-7-53(6)45-39-33-27-21-16-14-12-10-8-9-11-13-15-17-22-28-34-40-46-55(58)61-49-54(50-62-56(59)47-41-35-30-24-26-32-38-44-52(4)5)63-57(60)48-42-36-29-23-19-18-20-25-31-37-43-51(2)3/h51-54H,7-50H2,1-6H3/t53?,54-/m1/s1. The number of ether oxygens (including phenoxy) is 3. The van der Waals surface area contributed by atoms with Crippen LogP contribution < -0.4 is 0 Å². The van der Waals surface area contributed by atoms with E-state index in [1.54, 1.807) is 0 Å². The van der Waals surface area contributed by atoms with Gasteiger partial charge in [0.15, 0.2) is 6.10 Å². The quantitative estimate of drug-likeness (QED) is 0.0344. The number of rotatable bonds is 50. The molecule has 0 aliphatic carbocycles. The van der Waals surface area contributed by atoms with E-state index in [4.69, 9.17) is 14.2 Å². The minimum atomic E-state index is -0.763. The molecule has 0 saturated carbocycles. The molecule has 0 radical (unpaired) electrons. The molecular weight excluding hydrogens is 781 g/mol. The van der Waals surface area contributed by atoms with Crippen molar-refractivity contribution in [3.63, 3.8) is 0 Å². The maximum absolute atomic E-state index is 12.8. The van der Waals surface area contributed by atoms with Crippen LogP contribution in [-0.4, -0.2) is 37.2 Å². The molecule has 2 atom stereocenters. The minimum Gasteiger partial charge on any atom is -0.462 e. The molecule has 0 aliphatic heterocycles. The maximum atomic E-state index is 12.8. The molecule has 0 saturated heterocycles. The van der Waals surface area contributed by atoms with Gasteiger partial charge >= 0.3 is 17.9 Å². The van der Waals surface area contributed by atoms with E-state index in [-0.39, 0.29) is 31.1 Å². The lowest BCUT2D eigenvalue weighted by molar-refractivity contribution is -0.167. The van der Waals surface area contributed by atoms with Gasteiger partial charge < -0.3 is 14.2 Å². The third-order valence-electron chi connectivity index (χ3n) is 13.3. The Balaban J connectivity index is 4.19. The van der Waals surface area contributed by atoms with Crippen LogP contribution in [0.2, 0.25) is 0 Å². The molecule has 0 N–H and O–H groups in total. The zero-order valence-corrected chi connectivity index (χ0v) is 43.4. The van der Waals surface area contributed by atoms with Crippen molar-refractivity contribution in [1.82, 2.24) is 0 Å². The third-order valence-corrected chi connectivity index (χ3v) is 13.3. The van der Waals surface area contributed by atoms with Crippen molar-refractivity contribution in [2.45, 2.75) is 317 Å². The highest BCUT2D eigenvalue weighted by molar-refractivity contribution is 5.71. The van der Waals surface area contributed by atoms with Crippen molar-refractivity contribution in [3.05, 3.63) is 0 Å². The van der Waals surface area contributed by atoms with Crippen LogP contribution in [0, 0.1) is 17.8 Å². The van der Waals surface area contributed by atoms with E-state index in [2.05, 4.69) is 41.5 Å². The van der Waals surface area contributed by atoms with Gasteiger partial charge in [0, 0.05) is 19.3 Å². The van der Waals surface area contributed by atoms with E-state index in [9.17, 15) is 14.4 Å². The molecule has 0 aliphatic rings. The van der Waals surface area contributed by atoms with Gasteiger partial charge in [-0.25, -0.2) is 0 Å². The van der Waals surface area contributed by atoms with Crippen LogP contribution in [-0.2, 0) is 28.6 Å². The van der Waals surface area contributed by atoms with Gasteiger partial charge in [-0.3, -0.25) is 14.4 Å². The first-order chi connectivity index (χ1) is 30.6. The Morgan fingerprint density at radius 2 is 0.556 bits per heavy atom. The molecule has 0 bridgehead atoms. The van der Waals surface area contributed by atoms with Gasteiger partial charge in [-0.2, -0.15) is 0 Å². The summed E-state index contributed by atoms with van der Waals surface area (Å²) in [6.45, 7) is 13.7. The smallest absolute Gasteiger partial charge is 0.306 e. The van der Waals surface area contributed by atoms with E-state index < -0.39 is 6.10 Å². The van der Waals surface area contributed by atoms with Crippen LogP contribution in [0.1, 0.15) is 311 Å². The van der Waals surface area contributed by atoms with Crippen LogP contribution in [0.4, 0.5) is 0 Å². The van der Waals surface area contributed by atoms with E-state index in [0.717, 1.165) is 75.5 Å². The summed E-state index contributed by atoms with van der Waals surface area (Å²) in [4.78, 5) is 38.0. The summed E-state index contributed by atoms with van der Waals surface area (Å²) < 4.78 is 16.8. The second kappa shape index (κ2) is 48.3. The van der Waals surface area contributed by atoms with Crippen LogP contribution in [0.25, 0.3) is 0 Å². The fourth-order valence-electron chi connectivity index (χ4n) is 8.61. The van der Waals surface area contributed by atoms with Crippen LogP contribution >= 0.6 is 0 Å². The number of carbonyl (C=O) groups is 3. The van der Waals surface area contributed by atoms with Gasteiger partial charge in [-0.1, -0.05) is 273 Å². The minimum absolute atomic E-state index is 0.0646. The van der Waals surface area contributed by atoms with Gasteiger partial charge in [0.1, 0.15) is 13.2 Å². The molecule has 0 fully saturated rings. The summed E-state index contributed by atoms with van der Waals surface area (Å²) in [6.07, 6.45) is 49.6. The van der Waals surface area contributed by atoms with Crippen LogP contribution in [0.3, 0.4) is 0 Å². The highest BCUT2D eigenvalue weighted by Crippen LogP contribution is 2.19. The van der Waals surface area contributed by atoms with Gasteiger partial charge in [0.2, 0.25) is 0 Å². The summed E-state index contributed by atoms with van der Waals surface area (Å²) in [5.41, 5.74) is 0. The lowest BCUT2D eigenvalue weighted by atomic mass is 9.99. The predicted octanol–water partition coefficient (Wildman–Crippen LogP) is 18.3. The third kappa shape index (κ3) is 49.7. The molecule has 0 heterocycles. The maximum Gasteiger partial charge on any atom is 0.306 e. The molecule has 0 aromatic carbocycles. The van der Waals surface area contributed by atoms with Gasteiger partial charge in [0.05, 0.1) is 0 Å². The van der Waals surface area contributed by atoms with E-state index in [1.807, 2.05) is 0 Å². The number of hydrogen-bond donors (Lipinski definition) is 0. The van der Waals surface area contributed by atoms with Crippen molar-refractivity contribution < 1.29 is 28.6 Å². The number of hydrogen-bond acceptors (Lipinski definition) is 6. The molecule has 6 nitrogen and oxygen atoms in total. The van der Waals surface area contributed by atoms with Gasteiger partial charge in [0.25, 0.3) is 0 Å². The largest absolute Gasteiger partial charge is 0.462 e. The molecule has 0 aromatic heterocycles. The number of esters is 3. The van der Waals surface area contributed by atoms with Crippen molar-refractivity contribution in [2.75, 3.05) is 13.2 Å². The summed E-state index contributed by atoms with van der Waals surface area (Å²) in [5, 5.41) is 0. The normalized spacial score (nSPS) is 12.6. The molecular formula is C57H110O6. The SMILES string of the molecule is CCC(C)CCCCCCCCCCCCCCCCCCCCC(=O)OC[C@H](COC(=O)CCCCCCCCCC(C)C)OC(=O)CCCCCCCCCCCCC(C)C. The monoisotopic (exact) mass is 891 g/mol. The van der Waals surface area contributed by atoms with E-state index in [1.165, 1.54) is 193 Å². The average molecular weight is 892 g/mol. The second-order valence-corrected chi connectivity index (χ2v) is 20.8. The zero-order valence-electron chi connectivity index (χ0n) is 43.4. The summed E-state index contributed by atoms with van der Waals surface area (Å²) in [7, 11) is 0. The molecule has 1 unspecified atom stereocenters. The van der Waals surface area contributed by atoms with Crippen LogP contribution in [0.15, 0.2) is 0 Å². The topological polar surface area (TPSA) is 78.9 Å². The highest BCUT2D eigenvalue weighted by atomic mass is 16.6. The Morgan fingerprint density at radius 1 is 0.317 bits per heavy atom. The lowest BCUT2D eigenvalue weighted by Crippen LogP contribution is -2.30. The number of carbonyl (C=O) groups excluding carboxylic acids is 3. The van der Waals surface area contributed by atoms with Crippen molar-refractivity contribution >= 4 is 17.9 Å². The Kier molecular flexibility index (Phi) is 47.1. The first kappa shape index (κ1) is 61.4. The highest BCUT2D eigenvalue weighted by Gasteiger charge is 2.19. The van der Waals surface area contributed by atoms with Gasteiger partial charge in [-0.15, -0.1) is 0 Å². The summed E-state index contributed by atoms with van der Waals surface area (Å²) >= 11 is 0. The first-order valence-electron chi connectivity index (χ1n) is 28.1. The number of unbranched alkanes of at least 4 members (excludes halogenated alkanes) is 32. The second-order valence-electron chi connectivity index (χ2n) is 20.8. The Bertz CT molecular complexity index is 978. The van der Waals surface area contributed by atoms with Gasteiger partial charge in [-0.05, 0) is 37.0 Å². The lowest BCUT2D eigenvalue weighted by Gasteiger charge is -2.18. The summed E-state index contributed by atoms with van der Waals surface area (Å²) in [5.74, 6) is 1.66. The Hall–Kier alpha value is -1.59. The molecule has 6 heteroatoms. The Morgan fingerprint density at radius 3 is 0.825 bits per heavy atom. The van der Waals surface area contributed by atoms with E-state index in [0.29, 0.717) is 19.3 Å². The molecule has 0 amide bonds. The Labute approximate surface area is 393 Å². The molecule has 63 heavy (non-hydrogen) atoms. The molecule has 0 spiro atoms. The van der Waals surface area contributed by atoms with E-state index >= 15 is 0 Å². The fourth-order valence-corrected chi connectivity index (χ4v) is 8.61. The molecule has 0 aromatic rings. The van der Waals surface area contributed by atoms with Crippen molar-refractivity contribution in [2.24, 2.45) is 17.8 Å². The predicted molar refractivity (Wildman–Crippen MR) is 270 cm³/mol. The first-order valence-corrected chi connectivity index (χ1v) is 28.1. The zero-order chi connectivity index (χ0) is 46.3. The molecule has 0 rings (SSSR count). The van der Waals surface area contributed by atoms with Crippen molar-refractivity contribution in [3.8, 4) is 0 Å². The molecule has 374 valence electrons.